The van der Waals surface area contributed by atoms with Crippen molar-refractivity contribution in [2.45, 2.75) is 0 Å². The Labute approximate surface area is 53.6 Å². The summed E-state index contributed by atoms with van der Waals surface area (Å²) >= 11 is 2.12. The van der Waals surface area contributed by atoms with E-state index >= 15 is 0 Å². The number of rotatable bonds is 0. The van der Waals surface area contributed by atoms with Crippen LogP contribution >= 0.6 is 27.5 Å². The maximum atomic E-state index is 5.42. The second-order valence-corrected chi connectivity index (χ2v) is 8.92. The second kappa shape index (κ2) is 2.55. The normalized spacial score (nSPS) is 18.5. The first-order valence-corrected chi connectivity index (χ1v) is 6.08. The summed E-state index contributed by atoms with van der Waals surface area (Å²) in [6, 6.07) is 0. The predicted octanol–water partition coefficient (Wildman–Crippen LogP) is 0.557. The summed E-state index contributed by atoms with van der Waals surface area (Å²) in [6.45, 7) is 5.42. The van der Waals surface area contributed by atoms with Crippen molar-refractivity contribution < 1.29 is 0 Å². The third-order valence-electron chi connectivity index (χ3n) is 0.266. The summed E-state index contributed by atoms with van der Waals surface area (Å²) in [5.41, 5.74) is 0. The van der Waals surface area contributed by atoms with Gasteiger partial charge in [-0.05, 0) is 0 Å². The Morgan fingerprint density at radius 2 is 2.00 bits per heavy atom. The molecule has 0 saturated carbocycles. The van der Waals surface area contributed by atoms with Crippen LogP contribution in [0, 0.1) is 0 Å². The Morgan fingerprint density at radius 3 is 2.00 bits per heavy atom. The average Bonchev–Trinajstić information content (AvgIpc) is 1.35. The quantitative estimate of drug-likeness (QED) is 0.401. The summed E-state index contributed by atoms with van der Waals surface area (Å²) in [4.78, 5) is 0. The fraction of sp³-hybridized carbons (Fsp3) is 1.00. The molecule has 0 amide bonds. The zero-order chi connectivity index (χ0) is 5.21. The van der Waals surface area contributed by atoms with Gasteiger partial charge in [0.1, 0.15) is 0 Å². The Kier molecular flexibility index (Phi) is 3.09. The molecule has 0 aromatic carbocycles. The van der Waals surface area contributed by atoms with Gasteiger partial charge in [-0.25, -0.2) is 0 Å². The summed E-state index contributed by atoms with van der Waals surface area (Å²) in [6.07, 6.45) is 2.41. The average molecular weight is 206 g/mol. The van der Waals surface area contributed by atoms with Crippen molar-refractivity contribution in [3.05, 3.63) is 0 Å². The van der Waals surface area contributed by atoms with Crippen LogP contribution in [-0.4, -0.2) is 26.2 Å². The van der Waals surface area contributed by atoms with Gasteiger partial charge in [0.2, 0.25) is 0 Å². The zero-order valence-electron chi connectivity index (χ0n) is 3.52. The molecule has 0 N–H and O–H groups in total. The van der Waals surface area contributed by atoms with Crippen molar-refractivity contribution in [3.8, 4) is 0 Å². The first-order chi connectivity index (χ1) is 2.56. The van der Waals surface area contributed by atoms with E-state index in [4.69, 9.17) is 13.9 Å². The van der Waals surface area contributed by atoms with Crippen LogP contribution in [0.5, 0.6) is 0 Å². The van der Waals surface area contributed by atoms with Gasteiger partial charge in [-0.15, -0.1) is 0 Å². The molecule has 0 aliphatic carbocycles. The van der Waals surface area contributed by atoms with E-state index in [0.29, 0.717) is 0 Å². The van der Waals surface area contributed by atoms with Crippen LogP contribution < -0.4 is 0 Å². The monoisotopic (exact) mass is 207 g/mol. The van der Waals surface area contributed by atoms with E-state index in [2.05, 4.69) is 21.2 Å². The molecule has 0 saturated heterocycles. The van der Waals surface area contributed by atoms with Crippen molar-refractivity contribution in [2.24, 2.45) is 0 Å². The summed E-state index contributed by atoms with van der Waals surface area (Å²) < 4.78 is 0. The Balaban J connectivity index is 3.96. The number of hydrogen-bond donors (Lipinski definition) is 0. The minimum atomic E-state index is -1.04. The summed E-state index contributed by atoms with van der Waals surface area (Å²) in [5, 5.41) is 0. The van der Waals surface area contributed by atoms with Gasteiger partial charge in [0, 0.05) is 0 Å². The number of hydrogen-bond acceptors (Lipinski definition) is 0. The summed E-state index contributed by atoms with van der Waals surface area (Å²) in [7, 11) is 5.09. The van der Waals surface area contributed by atoms with Crippen molar-refractivity contribution in [1.29, 1.82) is 0 Å². The van der Waals surface area contributed by atoms with Crippen LogP contribution in [0.1, 0.15) is 0 Å². The van der Waals surface area contributed by atoms with Gasteiger partial charge in [-0.2, -0.15) is 0 Å². The molecule has 0 fully saturated rings. The van der Waals surface area contributed by atoms with Gasteiger partial charge < -0.3 is 0 Å². The van der Waals surface area contributed by atoms with Crippen molar-refractivity contribution in [3.63, 3.8) is 0 Å². The van der Waals surface area contributed by atoms with Crippen LogP contribution in [0.3, 0.4) is 0 Å². The predicted molar refractivity (Wildman–Crippen MR) is 44.8 cm³/mol. The van der Waals surface area contributed by atoms with Gasteiger partial charge in [0.05, 0.1) is 0 Å². The van der Waals surface area contributed by atoms with E-state index in [0.717, 1.165) is 0 Å². The molecule has 0 aliphatic rings. The van der Waals surface area contributed by atoms with Crippen molar-refractivity contribution in [1.82, 2.24) is 0 Å². The molecule has 0 aromatic rings. The third-order valence-corrected chi connectivity index (χ3v) is 1.68. The Morgan fingerprint density at radius 1 is 1.83 bits per heavy atom. The van der Waals surface area contributed by atoms with Gasteiger partial charge in [0.15, 0.2) is 0 Å². The molecule has 29 valence electrons. The number of halogens is 1. The van der Waals surface area contributed by atoms with Crippen molar-refractivity contribution >= 4 is 47.5 Å². The van der Waals surface area contributed by atoms with Crippen LogP contribution in [0.2, 0.25) is 0 Å². The van der Waals surface area contributed by atoms with E-state index in [1.807, 2.05) is 6.26 Å². The second-order valence-electron chi connectivity index (χ2n) is 1.08. The van der Waals surface area contributed by atoms with Gasteiger partial charge in [-0.3, -0.25) is 0 Å². The molecule has 0 heterocycles. The standard InChI is InChI=1S/CH3B3IS/c1-6(3,5)4-2/h1H3. The fourth-order valence-corrected chi connectivity index (χ4v) is 0. The molecule has 0 spiro atoms. The van der Waals surface area contributed by atoms with E-state index in [-0.39, 0.29) is 0 Å². The van der Waals surface area contributed by atoms with E-state index in [9.17, 15) is 0 Å². The molecule has 0 rings (SSSR count). The minimum absolute atomic E-state index is 1.04. The molecule has 1 radical (unpaired) electrons. The molecule has 0 nitrogen and oxygen atoms in total. The third kappa shape index (κ3) is 5.27. The molecule has 0 aliphatic heterocycles. The molecule has 6 heavy (non-hydrogen) atoms. The van der Waals surface area contributed by atoms with E-state index in [1.54, 1.807) is 0 Å². The Hall–Kier alpha value is 1.27. The molecule has 0 aromatic heterocycles. The molecular weight excluding hydrogens is 203 g/mol. The van der Waals surface area contributed by atoms with Gasteiger partial charge >= 0.3 is 53.7 Å². The van der Waals surface area contributed by atoms with Gasteiger partial charge in [-0.1, -0.05) is 0 Å². The molecule has 0 bridgehead atoms. The SMILES string of the molecule is [B]=BS(#B)(C)I. The topological polar surface area (TPSA) is 0 Å². The molecule has 5 heteroatoms. The Bertz CT molecular complexity index is 132. The van der Waals surface area contributed by atoms with Crippen LogP contribution in [0.4, 0.5) is 0 Å². The van der Waals surface area contributed by atoms with Crippen molar-refractivity contribution in [2.75, 3.05) is 6.26 Å². The molecular formula is CH3B3IS. The maximum absolute atomic E-state index is 5.42. The first kappa shape index (κ1) is 7.27. The zero-order valence-corrected chi connectivity index (χ0v) is 6.49. The molecule has 1 unspecified atom stereocenters. The van der Waals surface area contributed by atoms with Crippen LogP contribution in [0.15, 0.2) is 0 Å². The molecule has 1 atom stereocenters. The van der Waals surface area contributed by atoms with Crippen LogP contribution in [-0.2, 0) is 0 Å². The van der Waals surface area contributed by atoms with E-state index in [1.165, 1.54) is 6.08 Å². The fourth-order valence-electron chi connectivity index (χ4n) is 0. The van der Waals surface area contributed by atoms with Gasteiger partial charge in [0.25, 0.3) is 0 Å². The van der Waals surface area contributed by atoms with E-state index < -0.39 is 6.29 Å². The first-order valence-electron chi connectivity index (χ1n) is 1.37. The summed E-state index contributed by atoms with van der Waals surface area (Å²) in [5.74, 6) is 0. The van der Waals surface area contributed by atoms with Crippen LogP contribution in [0.25, 0.3) is 0 Å².